The molecular formula is C70H107N9O15. The van der Waals surface area contributed by atoms with Crippen LogP contribution in [0.4, 0.5) is 15.3 Å². The number of anilines is 1. The molecule has 0 spiro atoms. The number of nitrogens with two attached hydrogens (primary N) is 1. The zero-order valence-electron chi connectivity index (χ0n) is 57.9. The number of urea groups is 1. The fraction of sp³-hybridized carbons (Fsp3) is 0.643. The number of carbonyl (C=O) groups is 11. The topological polar surface area (TPSA) is 323 Å². The maximum atomic E-state index is 14.9. The molecule has 2 aliphatic heterocycles. The molecule has 7 N–H and O–H groups in total. The van der Waals surface area contributed by atoms with E-state index in [9.17, 15) is 57.8 Å². The molecule has 10 amide bonds. The minimum atomic E-state index is -0.970. The first-order chi connectivity index (χ1) is 44.5. The number of Topliss-reactive ketones (excluding diaryl/α,β-unsaturated/α-hetero) is 2. The molecule has 0 aliphatic carbocycles. The molecular weight excluding hydrogens is 1210 g/mol. The Labute approximate surface area is 555 Å². The molecule has 4 rings (SSSR count). The predicted octanol–water partition coefficient (Wildman–Crippen LogP) is 7.26. The van der Waals surface area contributed by atoms with Crippen LogP contribution in [-0.2, 0) is 64.0 Å². The molecule has 2 aliphatic rings. The van der Waals surface area contributed by atoms with E-state index in [1.54, 1.807) is 80.9 Å². The first-order valence-electron chi connectivity index (χ1n) is 33.3. The van der Waals surface area contributed by atoms with Crippen molar-refractivity contribution < 1.29 is 72.1 Å². The molecule has 2 aromatic carbocycles. The van der Waals surface area contributed by atoms with Crippen LogP contribution in [0, 0.1) is 41.4 Å². The number of ether oxygens (including phenoxy) is 3. The second-order valence-electron chi connectivity index (χ2n) is 26.4. The van der Waals surface area contributed by atoms with Crippen molar-refractivity contribution in [1.82, 2.24) is 35.6 Å². The van der Waals surface area contributed by atoms with Crippen molar-refractivity contribution in [1.29, 1.82) is 0 Å². The first kappa shape index (κ1) is 78.9. The Balaban J connectivity index is 1.37. The van der Waals surface area contributed by atoms with E-state index >= 15 is 0 Å². The number of amides is 10. The normalized spacial score (nSPS) is 17.5. The highest BCUT2D eigenvalue weighted by molar-refractivity contribution is 6.12. The van der Waals surface area contributed by atoms with Gasteiger partial charge in [0.05, 0.1) is 60.9 Å². The lowest BCUT2D eigenvalue weighted by Crippen LogP contribution is -2.55. The maximum absolute atomic E-state index is 14.9. The smallest absolute Gasteiger partial charge is 0.410 e. The number of benzene rings is 2. The van der Waals surface area contributed by atoms with Crippen LogP contribution in [0.1, 0.15) is 164 Å². The number of hydrogen-bond donors (Lipinski definition) is 6. The number of likely N-dealkylation sites (N-methyl/N-ethyl adjacent to an activating group) is 2. The van der Waals surface area contributed by atoms with Crippen molar-refractivity contribution in [2.75, 3.05) is 53.3 Å². The number of imide groups is 1. The van der Waals surface area contributed by atoms with Crippen molar-refractivity contribution in [3.63, 3.8) is 0 Å². The summed E-state index contributed by atoms with van der Waals surface area (Å²) in [6, 6.07) is 11.4. The molecule has 24 heteroatoms. The summed E-state index contributed by atoms with van der Waals surface area (Å²) in [5, 5.41) is 22.1. The van der Waals surface area contributed by atoms with Gasteiger partial charge in [0.2, 0.25) is 29.5 Å². The maximum Gasteiger partial charge on any atom is 0.410 e. The molecule has 0 radical (unpaired) electrons. The van der Waals surface area contributed by atoms with Crippen molar-refractivity contribution >= 4 is 70.7 Å². The fourth-order valence-corrected chi connectivity index (χ4v) is 12.7. The number of rotatable bonds is 40. The van der Waals surface area contributed by atoms with Crippen LogP contribution in [0.15, 0.2) is 66.7 Å². The second kappa shape index (κ2) is 38.7. The van der Waals surface area contributed by atoms with Crippen LogP contribution in [0.2, 0.25) is 0 Å². The zero-order valence-corrected chi connectivity index (χ0v) is 57.9. The summed E-state index contributed by atoms with van der Waals surface area (Å²) < 4.78 is 17.8. The third kappa shape index (κ3) is 23.1. The monoisotopic (exact) mass is 1310 g/mol. The Morgan fingerprint density at radius 3 is 1.96 bits per heavy atom. The number of likely N-dealkylation sites (tertiary alicyclic amines) is 1. The molecule has 0 bridgehead atoms. The molecule has 0 saturated carbocycles. The van der Waals surface area contributed by atoms with E-state index in [1.165, 1.54) is 38.3 Å². The van der Waals surface area contributed by atoms with Gasteiger partial charge in [0.15, 0.2) is 11.6 Å². The zero-order chi connectivity index (χ0) is 70.1. The Kier molecular flexibility index (Phi) is 32.5. The molecule has 24 nitrogen and oxygen atoms in total. The van der Waals surface area contributed by atoms with Crippen molar-refractivity contribution in [2.45, 2.75) is 201 Å². The number of primary amides is 1. The Hall–Kier alpha value is -7.57. The Morgan fingerprint density at radius 2 is 1.38 bits per heavy atom. The van der Waals surface area contributed by atoms with Gasteiger partial charge in [0.1, 0.15) is 6.61 Å². The highest BCUT2D eigenvalue weighted by atomic mass is 16.6. The van der Waals surface area contributed by atoms with Gasteiger partial charge in [0, 0.05) is 96.9 Å². The summed E-state index contributed by atoms with van der Waals surface area (Å²) in [5.41, 5.74) is 6.87. The van der Waals surface area contributed by atoms with E-state index in [-0.39, 0.29) is 122 Å². The Bertz CT molecular complexity index is 2870. The van der Waals surface area contributed by atoms with Gasteiger partial charge in [0.25, 0.3) is 11.8 Å². The molecule has 2 aromatic rings. The van der Waals surface area contributed by atoms with Crippen molar-refractivity contribution in [3.05, 3.63) is 77.9 Å². The van der Waals surface area contributed by atoms with E-state index in [4.69, 9.17) is 19.9 Å². The average molecular weight is 1310 g/mol. The van der Waals surface area contributed by atoms with Crippen LogP contribution in [0.25, 0.3) is 0 Å². The number of ketones is 2. The van der Waals surface area contributed by atoms with E-state index in [2.05, 4.69) is 21.3 Å². The number of aliphatic hydroxyl groups excluding tert-OH is 1. The average Bonchev–Trinajstić information content (AvgIpc) is 1.33. The van der Waals surface area contributed by atoms with Gasteiger partial charge in [-0.15, -0.1) is 0 Å². The van der Waals surface area contributed by atoms with Crippen molar-refractivity contribution in [3.8, 4) is 0 Å². The van der Waals surface area contributed by atoms with E-state index in [0.717, 1.165) is 4.90 Å². The fourth-order valence-electron chi connectivity index (χ4n) is 12.7. The van der Waals surface area contributed by atoms with Crippen LogP contribution in [0.5, 0.6) is 0 Å². The van der Waals surface area contributed by atoms with Gasteiger partial charge in [-0.3, -0.25) is 48.1 Å². The van der Waals surface area contributed by atoms with Crippen LogP contribution >= 0.6 is 0 Å². The summed E-state index contributed by atoms with van der Waals surface area (Å²) in [6.45, 7) is 19.0. The van der Waals surface area contributed by atoms with Gasteiger partial charge in [-0.05, 0) is 92.4 Å². The number of hydrogen-bond acceptors (Lipinski definition) is 15. The van der Waals surface area contributed by atoms with Gasteiger partial charge >= 0.3 is 12.1 Å². The van der Waals surface area contributed by atoms with Crippen LogP contribution < -0.4 is 27.0 Å². The third-order valence-corrected chi connectivity index (χ3v) is 18.4. The molecule has 522 valence electrons. The largest absolute Gasteiger partial charge is 0.445 e. The molecule has 12 atom stereocenters. The number of aliphatic hydroxyl groups is 1. The molecule has 0 unspecified atom stereocenters. The molecule has 1 saturated heterocycles. The molecule has 94 heavy (non-hydrogen) atoms. The SMILES string of the molecule is CC[C@H](C)[C@@H]([C@@H](CC(=O)N1CCC[C@H]1[C@H](OC)[C@@H](C)C(=O)N[C@H](C)[C@@H](O)c1ccccc1)OC)N(C)C(=O)[C@@H](CC(=O)[C@H](C(C)C)N(C)C(=O)OCc1ccc(NC(=O)[C@H](CCCNC(N)=O)CC(=O)[C@@H](NC(=O)CCCCCN2C(=O)C=CC2=O)C(C)C)cc1)C(C)C. The van der Waals surface area contributed by atoms with Crippen LogP contribution in [0.3, 0.4) is 0 Å². The van der Waals surface area contributed by atoms with Gasteiger partial charge in [-0.25, -0.2) is 9.59 Å². The number of unbranched alkanes of at least 4 members (excludes halogenated alkanes) is 2. The van der Waals surface area contributed by atoms with Crippen LogP contribution in [-0.4, -0.2) is 180 Å². The summed E-state index contributed by atoms with van der Waals surface area (Å²) in [5.74, 6) is -6.57. The summed E-state index contributed by atoms with van der Waals surface area (Å²) in [4.78, 5) is 153. The minimum Gasteiger partial charge on any atom is -0.445 e. The lowest BCUT2D eigenvalue weighted by molar-refractivity contribution is -0.149. The lowest BCUT2D eigenvalue weighted by Gasteiger charge is -2.41. The third-order valence-electron chi connectivity index (χ3n) is 18.4. The number of nitrogens with zero attached hydrogens (tertiary/aromatic N) is 4. The van der Waals surface area contributed by atoms with E-state index in [0.29, 0.717) is 68.3 Å². The number of methoxy groups -OCH3 is 2. The van der Waals surface area contributed by atoms with E-state index < -0.39 is 84.3 Å². The number of carbonyl (C=O) groups excluding carboxylic acids is 11. The highest BCUT2D eigenvalue weighted by Crippen LogP contribution is 2.32. The van der Waals surface area contributed by atoms with E-state index in [1.807, 2.05) is 59.7 Å². The molecule has 0 aromatic heterocycles. The van der Waals surface area contributed by atoms with Gasteiger partial charge in [-0.1, -0.05) is 118 Å². The highest BCUT2D eigenvalue weighted by Gasteiger charge is 2.44. The summed E-state index contributed by atoms with van der Waals surface area (Å²) in [7, 11) is 6.19. The first-order valence-corrected chi connectivity index (χ1v) is 33.3. The molecule has 2 heterocycles. The Morgan fingerprint density at radius 1 is 0.734 bits per heavy atom. The lowest BCUT2D eigenvalue weighted by atomic mass is 9.83. The second-order valence-corrected chi connectivity index (χ2v) is 26.4. The summed E-state index contributed by atoms with van der Waals surface area (Å²) >= 11 is 0. The molecule has 1 fully saturated rings. The standard InChI is InChI=1S/C70H107N9O15/c1-15-45(8)63(56(92-13)40-60(85)78-37-23-27-53(78)65(93-14)46(9)66(87)73-47(10)64(86)49-24-18-16-19-25-49)76(11)68(89)52(42(2)3)39-55(81)62(44(6)7)77(12)70(91)94-41-48-29-31-51(32-30-48)74-67(88)50(26-22-35-72-69(71)90)38-54(80)61(43(4)5)75-57(82)28-20-17-21-36-79-58(83)33-34-59(79)84/h16,18-19,24-25,29-34,42-47,50,52-53,56,61-65,86H,15,17,20-23,26-28,35-41H2,1-14H3,(H,73,87)(H,74,88)(H,75,82)(H3,71,72,90)/t45-,46+,47+,50+,52-,53-,56+,61-,62-,63-,64+,65+/m0/s1. The van der Waals surface area contributed by atoms with Crippen molar-refractivity contribution in [2.24, 2.45) is 47.2 Å². The quantitative estimate of drug-likeness (QED) is 0.0282. The minimum absolute atomic E-state index is 0.0697. The van der Waals surface area contributed by atoms with Gasteiger partial charge in [-0.2, -0.15) is 0 Å². The number of nitrogens with one attached hydrogen (secondary N) is 4. The summed E-state index contributed by atoms with van der Waals surface area (Å²) in [6.07, 6.45) is 2.98. The van der Waals surface area contributed by atoms with Gasteiger partial charge < -0.3 is 61.0 Å². The predicted molar refractivity (Wildman–Crippen MR) is 356 cm³/mol.